The minimum Gasteiger partial charge on any atom is -0.350 e. The highest BCUT2D eigenvalue weighted by molar-refractivity contribution is 7.20. The number of rotatable bonds is 4. The number of likely N-dealkylation sites (N-methyl/N-ethyl adjacent to an activating group) is 1. The van der Waals surface area contributed by atoms with Gasteiger partial charge in [-0.2, -0.15) is 0 Å². The minimum atomic E-state index is -0.189. The highest BCUT2D eigenvalue weighted by Gasteiger charge is 2.24. The van der Waals surface area contributed by atoms with E-state index in [-0.39, 0.29) is 11.5 Å². The molecule has 0 aliphatic carbocycles. The molecule has 118 valence electrons. The van der Waals surface area contributed by atoms with Gasteiger partial charge in [0.15, 0.2) is 0 Å². The highest BCUT2D eigenvalue weighted by Crippen LogP contribution is 2.26. The van der Waals surface area contributed by atoms with Crippen LogP contribution in [0.1, 0.15) is 35.0 Å². The molecule has 7 heteroatoms. The Morgan fingerprint density at radius 2 is 2.41 bits per heavy atom. The molecular weight excluding hydrogens is 300 g/mol. The highest BCUT2D eigenvalue weighted by atomic mass is 32.1. The molecule has 1 saturated heterocycles. The third-order valence-electron chi connectivity index (χ3n) is 4.34. The predicted octanol–water partition coefficient (Wildman–Crippen LogP) is 1.51. The van der Waals surface area contributed by atoms with E-state index in [1.54, 1.807) is 6.92 Å². The van der Waals surface area contributed by atoms with Crippen LogP contribution < -0.4 is 10.9 Å². The number of hydrogen-bond acceptors (Lipinski definition) is 5. The molecule has 2 aromatic rings. The van der Waals surface area contributed by atoms with Crippen molar-refractivity contribution < 1.29 is 4.79 Å². The van der Waals surface area contributed by atoms with E-state index in [0.717, 1.165) is 19.5 Å². The average Bonchev–Trinajstić information content (AvgIpc) is 3.10. The Kier molecular flexibility index (Phi) is 4.26. The number of aryl methyl sites for hydroxylation is 1. The number of carbonyl (C=O) groups is 1. The van der Waals surface area contributed by atoms with E-state index in [1.165, 1.54) is 24.1 Å². The Hall–Kier alpha value is -1.73. The molecule has 3 rings (SSSR count). The average molecular weight is 320 g/mol. The van der Waals surface area contributed by atoms with Gasteiger partial charge in [-0.1, -0.05) is 6.92 Å². The van der Waals surface area contributed by atoms with Gasteiger partial charge < -0.3 is 10.3 Å². The van der Waals surface area contributed by atoms with Gasteiger partial charge in [-0.05, 0) is 38.4 Å². The van der Waals surface area contributed by atoms with Crippen LogP contribution in [-0.4, -0.2) is 46.5 Å². The van der Waals surface area contributed by atoms with Crippen molar-refractivity contribution in [3.63, 3.8) is 0 Å². The summed E-state index contributed by atoms with van der Waals surface area (Å²) in [5.74, 6) is -0.108. The molecule has 0 unspecified atom stereocenters. The van der Waals surface area contributed by atoms with E-state index >= 15 is 0 Å². The number of carbonyl (C=O) groups excluding carboxylic acids is 1. The summed E-state index contributed by atoms with van der Waals surface area (Å²) < 4.78 is 0. The van der Waals surface area contributed by atoms with E-state index < -0.39 is 0 Å². The van der Waals surface area contributed by atoms with E-state index in [0.29, 0.717) is 33.2 Å². The van der Waals surface area contributed by atoms with Gasteiger partial charge in [-0.15, -0.1) is 11.3 Å². The molecule has 0 aromatic carbocycles. The molecule has 6 nitrogen and oxygen atoms in total. The van der Waals surface area contributed by atoms with Gasteiger partial charge >= 0.3 is 0 Å². The number of hydrogen-bond donors (Lipinski definition) is 2. The van der Waals surface area contributed by atoms with Gasteiger partial charge in [0.2, 0.25) is 0 Å². The standard InChI is InChI=1S/C15H20N4O2S/c1-3-19-6-4-5-10(19)7-16-14(21)12-9(2)11-13(20)17-8-18-15(11)22-12/h8,10H,3-7H2,1-2H3,(H,16,21)(H,17,18,20)/t10-/m1/s1. The summed E-state index contributed by atoms with van der Waals surface area (Å²) in [4.78, 5) is 34.6. The van der Waals surface area contributed by atoms with Crippen LogP contribution in [0, 0.1) is 6.92 Å². The van der Waals surface area contributed by atoms with E-state index in [9.17, 15) is 9.59 Å². The van der Waals surface area contributed by atoms with Gasteiger partial charge in [-0.3, -0.25) is 14.5 Å². The van der Waals surface area contributed by atoms with Crippen LogP contribution in [0.15, 0.2) is 11.1 Å². The molecular formula is C15H20N4O2S. The molecule has 0 spiro atoms. The first-order valence-electron chi connectivity index (χ1n) is 7.60. The van der Waals surface area contributed by atoms with Crippen molar-refractivity contribution >= 4 is 27.5 Å². The van der Waals surface area contributed by atoms with Crippen LogP contribution in [0.2, 0.25) is 0 Å². The van der Waals surface area contributed by atoms with Crippen LogP contribution >= 0.6 is 11.3 Å². The Morgan fingerprint density at radius 1 is 1.59 bits per heavy atom. The molecule has 1 atom stereocenters. The maximum absolute atomic E-state index is 12.4. The summed E-state index contributed by atoms with van der Waals surface area (Å²) in [5.41, 5.74) is 0.524. The third-order valence-corrected chi connectivity index (χ3v) is 5.54. The summed E-state index contributed by atoms with van der Waals surface area (Å²) in [6.45, 7) is 6.73. The second-order valence-electron chi connectivity index (χ2n) is 5.60. The topological polar surface area (TPSA) is 78.1 Å². The van der Waals surface area contributed by atoms with Crippen LogP contribution in [0.5, 0.6) is 0 Å². The fourth-order valence-corrected chi connectivity index (χ4v) is 4.19. The first-order valence-corrected chi connectivity index (χ1v) is 8.42. The molecule has 1 fully saturated rings. The molecule has 3 heterocycles. The number of nitrogens with zero attached hydrogens (tertiary/aromatic N) is 2. The smallest absolute Gasteiger partial charge is 0.261 e. The van der Waals surface area contributed by atoms with Crippen LogP contribution in [0.3, 0.4) is 0 Å². The lowest BCUT2D eigenvalue weighted by Gasteiger charge is -2.22. The number of fused-ring (bicyclic) bond motifs is 1. The van der Waals surface area contributed by atoms with Crippen molar-refractivity contribution in [3.8, 4) is 0 Å². The van der Waals surface area contributed by atoms with Crippen molar-refractivity contribution in [2.24, 2.45) is 0 Å². The first kappa shape index (κ1) is 15.2. The lowest BCUT2D eigenvalue weighted by atomic mass is 10.2. The number of amides is 1. The second-order valence-corrected chi connectivity index (χ2v) is 6.60. The summed E-state index contributed by atoms with van der Waals surface area (Å²) in [7, 11) is 0. The van der Waals surface area contributed by atoms with Crippen LogP contribution in [0.25, 0.3) is 10.2 Å². The van der Waals surface area contributed by atoms with Gasteiger partial charge in [0, 0.05) is 12.6 Å². The molecule has 0 bridgehead atoms. The SMILES string of the molecule is CCN1CCC[C@@H]1CNC(=O)c1sc2nc[nH]c(=O)c2c1C. The molecule has 1 amide bonds. The number of nitrogens with one attached hydrogen (secondary N) is 2. The summed E-state index contributed by atoms with van der Waals surface area (Å²) in [6, 6.07) is 0.421. The Bertz CT molecular complexity index is 752. The summed E-state index contributed by atoms with van der Waals surface area (Å²) >= 11 is 1.28. The molecule has 0 saturated carbocycles. The van der Waals surface area contributed by atoms with Crippen LogP contribution in [-0.2, 0) is 0 Å². The summed E-state index contributed by atoms with van der Waals surface area (Å²) in [5, 5.41) is 3.54. The van der Waals surface area contributed by atoms with Crippen molar-refractivity contribution in [1.29, 1.82) is 0 Å². The number of aromatic amines is 1. The fraction of sp³-hybridized carbons (Fsp3) is 0.533. The van der Waals surface area contributed by atoms with E-state index in [2.05, 4.69) is 27.1 Å². The summed E-state index contributed by atoms with van der Waals surface area (Å²) in [6.07, 6.45) is 3.69. The predicted molar refractivity (Wildman–Crippen MR) is 87.6 cm³/mol. The Balaban J connectivity index is 1.77. The lowest BCUT2D eigenvalue weighted by Crippen LogP contribution is -2.39. The maximum atomic E-state index is 12.4. The van der Waals surface area contributed by atoms with Crippen molar-refractivity contribution in [2.45, 2.75) is 32.7 Å². The molecule has 0 radical (unpaired) electrons. The maximum Gasteiger partial charge on any atom is 0.261 e. The lowest BCUT2D eigenvalue weighted by molar-refractivity contribution is 0.0945. The zero-order valence-corrected chi connectivity index (χ0v) is 13.6. The fourth-order valence-electron chi connectivity index (χ4n) is 3.13. The number of thiophene rings is 1. The zero-order valence-electron chi connectivity index (χ0n) is 12.8. The van der Waals surface area contributed by atoms with E-state index in [4.69, 9.17) is 0 Å². The van der Waals surface area contributed by atoms with Gasteiger partial charge in [0.25, 0.3) is 11.5 Å². The molecule has 2 N–H and O–H groups in total. The Labute approximate surface area is 132 Å². The minimum absolute atomic E-state index is 0.108. The Morgan fingerprint density at radius 3 is 3.14 bits per heavy atom. The number of likely N-dealkylation sites (tertiary alicyclic amines) is 1. The number of H-pyrrole nitrogens is 1. The quantitative estimate of drug-likeness (QED) is 0.895. The van der Waals surface area contributed by atoms with Gasteiger partial charge in [-0.25, -0.2) is 4.98 Å². The normalized spacial score (nSPS) is 18.9. The van der Waals surface area contributed by atoms with Crippen molar-refractivity contribution in [2.75, 3.05) is 19.6 Å². The van der Waals surface area contributed by atoms with Crippen molar-refractivity contribution in [3.05, 3.63) is 27.1 Å². The third kappa shape index (κ3) is 2.66. The number of aromatic nitrogens is 2. The van der Waals surface area contributed by atoms with Crippen LogP contribution in [0.4, 0.5) is 0 Å². The largest absolute Gasteiger partial charge is 0.350 e. The zero-order chi connectivity index (χ0) is 15.7. The first-order chi connectivity index (χ1) is 10.6. The monoisotopic (exact) mass is 320 g/mol. The molecule has 1 aliphatic rings. The molecule has 1 aliphatic heterocycles. The van der Waals surface area contributed by atoms with Gasteiger partial charge in [0.1, 0.15) is 4.83 Å². The van der Waals surface area contributed by atoms with Crippen molar-refractivity contribution in [1.82, 2.24) is 20.2 Å². The van der Waals surface area contributed by atoms with Gasteiger partial charge in [0.05, 0.1) is 16.6 Å². The van der Waals surface area contributed by atoms with E-state index in [1.807, 2.05) is 0 Å². The second kappa shape index (κ2) is 6.18. The molecule has 22 heavy (non-hydrogen) atoms. The molecule has 2 aromatic heterocycles.